The van der Waals surface area contributed by atoms with Crippen molar-refractivity contribution in [2.45, 2.75) is 6.10 Å². The van der Waals surface area contributed by atoms with Gasteiger partial charge in [-0.3, -0.25) is 4.79 Å². The first-order valence-corrected chi connectivity index (χ1v) is 7.17. The number of aliphatic hydroxyl groups excluding tert-OH is 1. The van der Waals surface area contributed by atoms with Gasteiger partial charge < -0.3 is 10.4 Å². The topological polar surface area (TPSA) is 49.3 Å². The van der Waals surface area contributed by atoms with Crippen LogP contribution in [0, 0.1) is 0 Å². The van der Waals surface area contributed by atoms with Gasteiger partial charge in [-0.15, -0.1) is 11.3 Å². The van der Waals surface area contributed by atoms with Gasteiger partial charge in [0.05, 0.1) is 15.6 Å². The highest BCUT2D eigenvalue weighted by Gasteiger charge is 2.16. The van der Waals surface area contributed by atoms with Crippen LogP contribution in [-0.4, -0.2) is 17.6 Å². The highest BCUT2D eigenvalue weighted by Crippen LogP contribution is 2.24. The minimum Gasteiger partial charge on any atom is -0.386 e. The lowest BCUT2D eigenvalue weighted by atomic mass is 10.2. The van der Waals surface area contributed by atoms with E-state index in [-0.39, 0.29) is 22.2 Å². The van der Waals surface area contributed by atoms with Crippen molar-refractivity contribution in [3.63, 3.8) is 0 Å². The first kappa shape index (κ1) is 14.3. The molecule has 1 atom stereocenters. The van der Waals surface area contributed by atoms with Crippen molar-refractivity contribution in [3.8, 4) is 0 Å². The van der Waals surface area contributed by atoms with Gasteiger partial charge in [0.1, 0.15) is 6.10 Å². The summed E-state index contributed by atoms with van der Waals surface area (Å²) in [7, 11) is 0. The highest BCUT2D eigenvalue weighted by atomic mass is 35.5. The number of carbonyl (C=O) groups excluding carboxylic acids is 1. The van der Waals surface area contributed by atoms with Crippen LogP contribution in [0.2, 0.25) is 10.0 Å². The monoisotopic (exact) mass is 315 g/mol. The van der Waals surface area contributed by atoms with Gasteiger partial charge in [-0.05, 0) is 23.6 Å². The average Bonchev–Trinajstić information content (AvgIpc) is 2.89. The van der Waals surface area contributed by atoms with Crippen LogP contribution < -0.4 is 5.32 Å². The Labute approximate surface area is 124 Å². The fourth-order valence-corrected chi connectivity index (χ4v) is 2.85. The van der Waals surface area contributed by atoms with Gasteiger partial charge in [0, 0.05) is 11.4 Å². The predicted octanol–water partition coefficient (Wildman–Crippen LogP) is 3.52. The van der Waals surface area contributed by atoms with Gasteiger partial charge in [0.25, 0.3) is 5.91 Å². The summed E-state index contributed by atoms with van der Waals surface area (Å²) in [6.07, 6.45) is -0.731. The van der Waals surface area contributed by atoms with Crippen molar-refractivity contribution in [2.75, 3.05) is 6.54 Å². The van der Waals surface area contributed by atoms with Crippen molar-refractivity contribution in [2.24, 2.45) is 0 Å². The molecule has 2 rings (SSSR count). The van der Waals surface area contributed by atoms with E-state index in [0.717, 1.165) is 4.88 Å². The smallest absolute Gasteiger partial charge is 0.254 e. The third kappa shape index (κ3) is 3.48. The molecule has 2 aromatic rings. The number of thiophene rings is 1. The Bertz CT molecular complexity index is 552. The molecule has 1 amide bonds. The van der Waals surface area contributed by atoms with E-state index >= 15 is 0 Å². The van der Waals surface area contributed by atoms with Crippen molar-refractivity contribution in [1.29, 1.82) is 0 Å². The lowest BCUT2D eigenvalue weighted by Crippen LogP contribution is -2.28. The lowest BCUT2D eigenvalue weighted by Gasteiger charge is -2.11. The maximum absolute atomic E-state index is 12.0. The van der Waals surface area contributed by atoms with E-state index in [1.807, 2.05) is 17.5 Å². The van der Waals surface area contributed by atoms with E-state index in [2.05, 4.69) is 5.32 Å². The molecule has 0 saturated heterocycles. The number of nitrogens with one attached hydrogen (secondary N) is 1. The summed E-state index contributed by atoms with van der Waals surface area (Å²) in [6, 6.07) is 8.51. The molecule has 1 aromatic heterocycles. The van der Waals surface area contributed by atoms with Crippen LogP contribution in [0.3, 0.4) is 0 Å². The van der Waals surface area contributed by atoms with E-state index in [1.54, 1.807) is 18.2 Å². The standard InChI is InChI=1S/C13H11Cl2NO2S/c14-8-3-1-4-9(15)12(8)13(18)16-7-10(17)11-5-2-6-19-11/h1-6,10,17H,7H2,(H,16,18)/t10-/m1/s1. The summed E-state index contributed by atoms with van der Waals surface area (Å²) >= 11 is 13.3. The van der Waals surface area contributed by atoms with Gasteiger partial charge in [0.15, 0.2) is 0 Å². The summed E-state index contributed by atoms with van der Waals surface area (Å²) in [6.45, 7) is 0.112. The maximum atomic E-state index is 12.0. The van der Waals surface area contributed by atoms with Gasteiger partial charge >= 0.3 is 0 Å². The second kappa shape index (κ2) is 6.39. The molecule has 0 aliphatic heterocycles. The predicted molar refractivity (Wildman–Crippen MR) is 78.1 cm³/mol. The summed E-state index contributed by atoms with van der Waals surface area (Å²) in [4.78, 5) is 12.8. The van der Waals surface area contributed by atoms with E-state index in [9.17, 15) is 9.90 Å². The van der Waals surface area contributed by atoms with Crippen LogP contribution in [0.4, 0.5) is 0 Å². The quantitative estimate of drug-likeness (QED) is 0.907. The van der Waals surface area contributed by atoms with Crippen molar-refractivity contribution in [1.82, 2.24) is 5.32 Å². The second-order valence-corrected chi connectivity index (χ2v) is 5.63. The Morgan fingerprint density at radius 3 is 2.53 bits per heavy atom. The summed E-state index contributed by atoms with van der Waals surface area (Å²) in [5.74, 6) is -0.397. The fourth-order valence-electron chi connectivity index (χ4n) is 1.57. The zero-order chi connectivity index (χ0) is 13.8. The Morgan fingerprint density at radius 2 is 1.95 bits per heavy atom. The third-order valence-corrected chi connectivity index (χ3v) is 4.12. The molecular formula is C13H11Cl2NO2S. The molecule has 19 heavy (non-hydrogen) atoms. The lowest BCUT2D eigenvalue weighted by molar-refractivity contribution is 0.0918. The molecule has 0 spiro atoms. The summed E-state index contributed by atoms with van der Waals surface area (Å²) in [5.41, 5.74) is 0.226. The third-order valence-electron chi connectivity index (χ3n) is 2.52. The van der Waals surface area contributed by atoms with Crippen LogP contribution >= 0.6 is 34.5 Å². The van der Waals surface area contributed by atoms with Crippen LogP contribution in [-0.2, 0) is 0 Å². The largest absolute Gasteiger partial charge is 0.386 e. The first-order valence-electron chi connectivity index (χ1n) is 5.53. The van der Waals surface area contributed by atoms with Crippen LogP contribution in [0.25, 0.3) is 0 Å². The number of hydrogen-bond donors (Lipinski definition) is 2. The van der Waals surface area contributed by atoms with E-state index in [4.69, 9.17) is 23.2 Å². The number of rotatable bonds is 4. The minimum absolute atomic E-state index is 0.112. The van der Waals surface area contributed by atoms with Crippen molar-refractivity contribution in [3.05, 3.63) is 56.2 Å². The number of amides is 1. The van der Waals surface area contributed by atoms with Gasteiger partial charge in [0.2, 0.25) is 0 Å². The maximum Gasteiger partial charge on any atom is 0.254 e. The molecule has 3 nitrogen and oxygen atoms in total. The van der Waals surface area contributed by atoms with E-state index in [0.29, 0.717) is 0 Å². The second-order valence-electron chi connectivity index (χ2n) is 3.84. The molecule has 1 heterocycles. The molecule has 100 valence electrons. The van der Waals surface area contributed by atoms with Gasteiger partial charge in [-0.25, -0.2) is 0 Å². The first-order chi connectivity index (χ1) is 9.09. The number of benzene rings is 1. The number of hydrogen-bond acceptors (Lipinski definition) is 3. The molecule has 0 radical (unpaired) electrons. The molecule has 6 heteroatoms. The van der Waals surface area contributed by atoms with Crippen molar-refractivity contribution < 1.29 is 9.90 Å². The molecule has 1 aromatic carbocycles. The van der Waals surface area contributed by atoms with Crippen LogP contribution in [0.1, 0.15) is 21.3 Å². The Hall–Kier alpha value is -1.07. The fraction of sp³-hybridized carbons (Fsp3) is 0.154. The van der Waals surface area contributed by atoms with Crippen molar-refractivity contribution >= 4 is 40.4 Å². The van der Waals surface area contributed by atoms with E-state index < -0.39 is 12.0 Å². The van der Waals surface area contributed by atoms with E-state index in [1.165, 1.54) is 11.3 Å². The molecule has 0 bridgehead atoms. The average molecular weight is 316 g/mol. The normalized spacial score (nSPS) is 12.2. The zero-order valence-corrected chi connectivity index (χ0v) is 12.1. The molecule has 0 aliphatic rings. The summed E-state index contributed by atoms with van der Waals surface area (Å²) < 4.78 is 0. The Morgan fingerprint density at radius 1 is 1.26 bits per heavy atom. The summed E-state index contributed by atoms with van der Waals surface area (Å²) in [5, 5.41) is 14.9. The molecule has 0 aliphatic carbocycles. The number of aliphatic hydroxyl groups is 1. The number of halogens is 2. The molecule has 0 fully saturated rings. The Balaban J connectivity index is 2.02. The van der Waals surface area contributed by atoms with Crippen LogP contribution in [0.5, 0.6) is 0 Å². The Kier molecular flexibility index (Phi) is 4.82. The number of carbonyl (C=O) groups is 1. The molecular weight excluding hydrogens is 305 g/mol. The van der Waals surface area contributed by atoms with Gasteiger partial charge in [-0.2, -0.15) is 0 Å². The molecule has 2 N–H and O–H groups in total. The zero-order valence-electron chi connectivity index (χ0n) is 9.77. The molecule has 0 saturated carbocycles. The molecule has 0 unspecified atom stereocenters. The SMILES string of the molecule is O=C(NC[C@@H](O)c1cccs1)c1c(Cl)cccc1Cl. The highest BCUT2D eigenvalue weighted by molar-refractivity contribution is 7.10. The minimum atomic E-state index is -0.731. The van der Waals surface area contributed by atoms with Gasteiger partial charge in [-0.1, -0.05) is 35.3 Å². The van der Waals surface area contributed by atoms with Crippen LogP contribution in [0.15, 0.2) is 35.7 Å².